The summed E-state index contributed by atoms with van der Waals surface area (Å²) in [5.41, 5.74) is -0.933. The molecule has 1 rings (SSSR count). The average Bonchev–Trinajstić information content (AvgIpc) is 2.26. The van der Waals surface area contributed by atoms with E-state index in [2.05, 4.69) is 41.5 Å². The van der Waals surface area contributed by atoms with E-state index in [1.165, 1.54) is 0 Å². The second-order valence-corrected chi connectivity index (χ2v) is 8.13. The molecule has 0 saturated carbocycles. The Kier molecular flexibility index (Phi) is 5.29. The van der Waals surface area contributed by atoms with Crippen molar-refractivity contribution in [2.24, 2.45) is 16.7 Å². The van der Waals surface area contributed by atoms with Gasteiger partial charge >= 0.3 is 5.97 Å². The summed E-state index contributed by atoms with van der Waals surface area (Å²) < 4.78 is 11.3. The third-order valence-electron chi connectivity index (χ3n) is 4.81. The standard InChI is InChI=1S/C17H32O3/c1-13(2)12-17(7,15(3,4)5)14(18)20-16(6)8-10-19-11-9-16/h13H,8-12H2,1-7H3. The molecule has 1 unspecified atom stereocenters. The van der Waals surface area contributed by atoms with Crippen LogP contribution < -0.4 is 0 Å². The first-order valence-electron chi connectivity index (χ1n) is 7.81. The van der Waals surface area contributed by atoms with Crippen LogP contribution in [0.25, 0.3) is 0 Å². The maximum atomic E-state index is 12.9. The van der Waals surface area contributed by atoms with Crippen molar-refractivity contribution < 1.29 is 14.3 Å². The van der Waals surface area contributed by atoms with E-state index in [1.54, 1.807) is 0 Å². The summed E-state index contributed by atoms with van der Waals surface area (Å²) in [6, 6.07) is 0. The molecule has 1 saturated heterocycles. The number of hydrogen-bond acceptors (Lipinski definition) is 3. The summed E-state index contributed by atoms with van der Waals surface area (Å²) in [7, 11) is 0. The molecule has 1 aliphatic heterocycles. The van der Waals surface area contributed by atoms with Gasteiger partial charge in [0.15, 0.2) is 0 Å². The minimum Gasteiger partial charge on any atom is -0.459 e. The van der Waals surface area contributed by atoms with Gasteiger partial charge in [-0.05, 0) is 31.6 Å². The highest BCUT2D eigenvalue weighted by atomic mass is 16.6. The summed E-state index contributed by atoms with van der Waals surface area (Å²) in [4.78, 5) is 12.9. The molecule has 0 aliphatic carbocycles. The maximum Gasteiger partial charge on any atom is 0.312 e. The van der Waals surface area contributed by atoms with Crippen molar-refractivity contribution in [2.45, 2.75) is 73.3 Å². The number of carbonyl (C=O) groups excluding carboxylic acids is 1. The topological polar surface area (TPSA) is 35.5 Å². The van der Waals surface area contributed by atoms with Crippen molar-refractivity contribution >= 4 is 5.97 Å². The molecule has 1 aliphatic rings. The van der Waals surface area contributed by atoms with Crippen LogP contribution in [0.5, 0.6) is 0 Å². The summed E-state index contributed by atoms with van der Waals surface area (Å²) >= 11 is 0. The molecule has 1 heterocycles. The molecule has 3 nitrogen and oxygen atoms in total. The van der Waals surface area contributed by atoms with E-state index in [0.717, 1.165) is 19.3 Å². The quantitative estimate of drug-likeness (QED) is 0.726. The van der Waals surface area contributed by atoms with Gasteiger partial charge in [-0.1, -0.05) is 34.6 Å². The van der Waals surface area contributed by atoms with E-state index in [4.69, 9.17) is 9.47 Å². The van der Waals surface area contributed by atoms with Crippen LogP contribution in [0.3, 0.4) is 0 Å². The van der Waals surface area contributed by atoms with Crippen LogP contribution in [0.1, 0.15) is 67.7 Å². The molecular weight excluding hydrogens is 252 g/mol. The molecule has 0 aromatic heterocycles. The van der Waals surface area contributed by atoms with Crippen LogP contribution in [0.2, 0.25) is 0 Å². The lowest BCUT2D eigenvalue weighted by molar-refractivity contribution is -0.186. The number of esters is 1. The van der Waals surface area contributed by atoms with Crippen LogP contribution in [-0.2, 0) is 14.3 Å². The second-order valence-electron chi connectivity index (χ2n) is 8.13. The van der Waals surface area contributed by atoms with Crippen molar-refractivity contribution in [2.75, 3.05) is 13.2 Å². The van der Waals surface area contributed by atoms with E-state index < -0.39 is 5.41 Å². The molecule has 1 atom stereocenters. The van der Waals surface area contributed by atoms with Crippen LogP contribution in [0.15, 0.2) is 0 Å². The zero-order chi connectivity index (χ0) is 15.6. The van der Waals surface area contributed by atoms with Crippen LogP contribution in [0.4, 0.5) is 0 Å². The lowest BCUT2D eigenvalue weighted by atomic mass is 9.64. The third-order valence-corrected chi connectivity index (χ3v) is 4.81. The van der Waals surface area contributed by atoms with Crippen LogP contribution >= 0.6 is 0 Å². The molecule has 118 valence electrons. The molecule has 0 N–H and O–H groups in total. The van der Waals surface area contributed by atoms with Crippen molar-refractivity contribution in [3.05, 3.63) is 0 Å². The summed E-state index contributed by atoms with van der Waals surface area (Å²) in [5, 5.41) is 0. The van der Waals surface area contributed by atoms with Crippen molar-refractivity contribution in [1.82, 2.24) is 0 Å². The Labute approximate surface area is 124 Å². The maximum absolute atomic E-state index is 12.9. The highest BCUT2D eigenvalue weighted by Crippen LogP contribution is 2.45. The third kappa shape index (κ3) is 3.97. The van der Waals surface area contributed by atoms with Gasteiger partial charge in [-0.3, -0.25) is 4.79 Å². The molecule has 0 amide bonds. The smallest absolute Gasteiger partial charge is 0.312 e. The predicted molar refractivity (Wildman–Crippen MR) is 81.6 cm³/mol. The van der Waals surface area contributed by atoms with Crippen LogP contribution in [-0.4, -0.2) is 24.8 Å². The predicted octanol–water partition coefficient (Wildman–Crippen LogP) is 4.20. The average molecular weight is 284 g/mol. The van der Waals surface area contributed by atoms with Gasteiger partial charge in [0, 0.05) is 12.8 Å². The molecule has 0 aromatic rings. The zero-order valence-corrected chi connectivity index (χ0v) is 14.3. The van der Waals surface area contributed by atoms with Gasteiger partial charge in [0.05, 0.1) is 18.6 Å². The fourth-order valence-electron chi connectivity index (χ4n) is 2.75. The first-order chi connectivity index (χ1) is 9.00. The molecule has 0 bridgehead atoms. The molecule has 20 heavy (non-hydrogen) atoms. The monoisotopic (exact) mass is 284 g/mol. The summed E-state index contributed by atoms with van der Waals surface area (Å²) in [5.74, 6) is 0.414. The van der Waals surface area contributed by atoms with Crippen molar-refractivity contribution in [3.63, 3.8) is 0 Å². The van der Waals surface area contributed by atoms with Gasteiger partial charge in [-0.15, -0.1) is 0 Å². The SMILES string of the molecule is CC(C)CC(C)(C(=O)OC1(C)CCOCC1)C(C)(C)C. The lowest BCUT2D eigenvalue weighted by Crippen LogP contribution is -2.47. The molecule has 3 heteroatoms. The number of rotatable bonds is 4. The highest BCUT2D eigenvalue weighted by molar-refractivity contribution is 5.77. The van der Waals surface area contributed by atoms with Crippen LogP contribution in [0, 0.1) is 16.7 Å². The Balaban J connectivity index is 2.88. The molecule has 0 aromatic carbocycles. The fourth-order valence-corrected chi connectivity index (χ4v) is 2.75. The van der Waals surface area contributed by atoms with E-state index in [9.17, 15) is 4.79 Å². The first-order valence-corrected chi connectivity index (χ1v) is 7.81. The van der Waals surface area contributed by atoms with Gasteiger partial charge in [-0.25, -0.2) is 0 Å². The molecule has 0 radical (unpaired) electrons. The van der Waals surface area contributed by atoms with Gasteiger partial charge < -0.3 is 9.47 Å². The Morgan fingerprint density at radius 1 is 1.20 bits per heavy atom. The summed E-state index contributed by atoms with van der Waals surface area (Å²) in [6.45, 7) is 16.2. The first kappa shape index (κ1) is 17.5. The number of carbonyl (C=O) groups is 1. The van der Waals surface area contributed by atoms with Crippen molar-refractivity contribution in [1.29, 1.82) is 0 Å². The molecule has 1 fully saturated rings. The fraction of sp³-hybridized carbons (Fsp3) is 0.941. The van der Waals surface area contributed by atoms with E-state index in [0.29, 0.717) is 19.1 Å². The Morgan fingerprint density at radius 2 is 1.70 bits per heavy atom. The summed E-state index contributed by atoms with van der Waals surface area (Å²) in [6.07, 6.45) is 2.43. The Hall–Kier alpha value is -0.570. The second kappa shape index (κ2) is 6.05. The van der Waals surface area contributed by atoms with Gasteiger partial charge in [0.1, 0.15) is 5.60 Å². The highest BCUT2D eigenvalue weighted by Gasteiger charge is 2.48. The number of hydrogen-bond donors (Lipinski definition) is 0. The minimum atomic E-state index is -0.456. The molecule has 0 spiro atoms. The molecular formula is C17H32O3. The zero-order valence-electron chi connectivity index (χ0n) is 14.3. The minimum absolute atomic E-state index is 0.0527. The van der Waals surface area contributed by atoms with E-state index >= 15 is 0 Å². The number of ether oxygens (including phenoxy) is 2. The van der Waals surface area contributed by atoms with Crippen molar-refractivity contribution in [3.8, 4) is 0 Å². The van der Waals surface area contributed by atoms with Gasteiger partial charge in [-0.2, -0.15) is 0 Å². The van der Waals surface area contributed by atoms with Gasteiger partial charge in [0.2, 0.25) is 0 Å². The Bertz CT molecular complexity index is 335. The van der Waals surface area contributed by atoms with E-state index in [-0.39, 0.29) is 17.0 Å². The normalized spacial score (nSPS) is 22.4. The lowest BCUT2D eigenvalue weighted by Gasteiger charge is -2.44. The Morgan fingerprint density at radius 3 is 2.10 bits per heavy atom. The largest absolute Gasteiger partial charge is 0.459 e. The van der Waals surface area contributed by atoms with E-state index in [1.807, 2.05) is 6.92 Å². The van der Waals surface area contributed by atoms with Gasteiger partial charge in [0.25, 0.3) is 0 Å².